The maximum Gasteiger partial charge on any atom is 0.325 e. The molecule has 2 N–H and O–H groups in total. The molecule has 1 saturated heterocycles. The minimum atomic E-state index is -1.29. The Bertz CT molecular complexity index is 1010. The molecule has 0 saturated carbocycles. The zero-order valence-corrected chi connectivity index (χ0v) is 18.2. The predicted molar refractivity (Wildman–Crippen MR) is 114 cm³/mol. The molecule has 0 spiro atoms. The van der Waals surface area contributed by atoms with Gasteiger partial charge in [-0.15, -0.1) is 0 Å². The van der Waals surface area contributed by atoms with E-state index in [0.717, 1.165) is 10.5 Å². The third-order valence-electron chi connectivity index (χ3n) is 5.04. The van der Waals surface area contributed by atoms with Crippen molar-refractivity contribution in [2.24, 2.45) is 0 Å². The lowest BCUT2D eigenvalue weighted by atomic mass is 9.92. The first-order chi connectivity index (χ1) is 14.2. The van der Waals surface area contributed by atoms with Crippen molar-refractivity contribution >= 4 is 41.0 Å². The molecule has 0 unspecified atom stereocenters. The molecule has 0 radical (unpaired) electrons. The highest BCUT2D eigenvalue weighted by molar-refractivity contribution is 6.42. The van der Waals surface area contributed by atoms with Crippen molar-refractivity contribution in [1.82, 2.24) is 15.5 Å². The molecule has 1 fully saturated rings. The summed E-state index contributed by atoms with van der Waals surface area (Å²) in [4.78, 5) is 38.9. The Morgan fingerprint density at radius 2 is 1.93 bits per heavy atom. The van der Waals surface area contributed by atoms with Gasteiger partial charge in [-0.2, -0.15) is 0 Å². The van der Waals surface area contributed by atoms with Crippen molar-refractivity contribution in [3.05, 3.63) is 63.6 Å². The maximum atomic E-state index is 13.0. The zero-order chi connectivity index (χ0) is 22.1. The topological polar surface area (TPSA) is 87.7 Å². The minimum absolute atomic E-state index is 0.374. The molecular weight excluding hydrogens is 429 g/mol. The fourth-order valence-electron chi connectivity index (χ4n) is 3.27. The molecule has 9 heteroatoms. The van der Waals surface area contributed by atoms with E-state index in [1.54, 1.807) is 56.3 Å². The summed E-state index contributed by atoms with van der Waals surface area (Å²) in [5, 5.41) is 6.22. The van der Waals surface area contributed by atoms with Gasteiger partial charge < -0.3 is 15.4 Å². The van der Waals surface area contributed by atoms with Crippen LogP contribution in [0.1, 0.15) is 31.0 Å². The number of halogens is 2. The smallest absolute Gasteiger partial charge is 0.325 e. The summed E-state index contributed by atoms with van der Waals surface area (Å²) >= 11 is 11.9. The van der Waals surface area contributed by atoms with Gasteiger partial charge in [0.1, 0.15) is 17.8 Å². The van der Waals surface area contributed by atoms with E-state index in [4.69, 9.17) is 27.9 Å². The average Bonchev–Trinajstić information content (AvgIpc) is 2.94. The van der Waals surface area contributed by atoms with Crippen LogP contribution in [-0.4, -0.2) is 36.4 Å². The van der Waals surface area contributed by atoms with Crippen LogP contribution in [0.15, 0.2) is 42.5 Å². The Hall–Kier alpha value is -2.77. The van der Waals surface area contributed by atoms with E-state index in [1.165, 1.54) is 7.11 Å². The number of benzene rings is 2. The van der Waals surface area contributed by atoms with Crippen molar-refractivity contribution in [2.75, 3.05) is 13.7 Å². The van der Waals surface area contributed by atoms with Gasteiger partial charge in [-0.05, 0) is 49.2 Å². The number of rotatable bonds is 6. The molecule has 2 aromatic rings. The Kier molecular flexibility index (Phi) is 6.24. The van der Waals surface area contributed by atoms with E-state index in [2.05, 4.69) is 10.6 Å². The molecule has 7 nitrogen and oxygen atoms in total. The van der Waals surface area contributed by atoms with Gasteiger partial charge in [0.05, 0.1) is 23.2 Å². The molecule has 30 heavy (non-hydrogen) atoms. The highest BCUT2D eigenvalue weighted by atomic mass is 35.5. The Morgan fingerprint density at radius 1 is 1.20 bits per heavy atom. The van der Waals surface area contributed by atoms with Gasteiger partial charge in [-0.25, -0.2) is 4.79 Å². The number of nitrogens with one attached hydrogen (secondary N) is 2. The largest absolute Gasteiger partial charge is 0.497 e. The van der Waals surface area contributed by atoms with E-state index < -0.39 is 36.0 Å². The highest BCUT2D eigenvalue weighted by Crippen LogP contribution is 2.31. The molecule has 0 bridgehead atoms. The number of urea groups is 1. The van der Waals surface area contributed by atoms with E-state index in [-0.39, 0.29) is 0 Å². The van der Waals surface area contributed by atoms with E-state index in [0.29, 0.717) is 21.4 Å². The van der Waals surface area contributed by atoms with Crippen LogP contribution in [0.3, 0.4) is 0 Å². The number of methoxy groups -OCH3 is 1. The number of hydrogen-bond donors (Lipinski definition) is 2. The van der Waals surface area contributed by atoms with Crippen LogP contribution in [0.5, 0.6) is 5.75 Å². The van der Waals surface area contributed by atoms with Crippen LogP contribution in [0.25, 0.3) is 0 Å². The standard InChI is InChI=1S/C21H21Cl2N3O4/c1-12(13-7-8-16(22)17(23)9-13)24-18(27)11-26-19(28)21(2,25-20(26)29)14-5-4-6-15(10-14)30-3/h4-10,12H,11H2,1-3H3,(H,24,27)(H,25,29)/t12-,21-/m1/s1. The summed E-state index contributed by atoms with van der Waals surface area (Å²) in [6.45, 7) is 2.96. The van der Waals surface area contributed by atoms with Gasteiger partial charge in [0, 0.05) is 0 Å². The lowest BCUT2D eigenvalue weighted by Crippen LogP contribution is -2.43. The second kappa shape index (κ2) is 8.53. The third kappa shape index (κ3) is 4.22. The van der Waals surface area contributed by atoms with E-state index in [9.17, 15) is 14.4 Å². The average molecular weight is 450 g/mol. The van der Waals surface area contributed by atoms with Crippen LogP contribution < -0.4 is 15.4 Å². The molecule has 2 aromatic carbocycles. The third-order valence-corrected chi connectivity index (χ3v) is 5.78. The number of nitrogens with zero attached hydrogens (tertiary/aromatic N) is 1. The van der Waals surface area contributed by atoms with Gasteiger partial charge in [0.15, 0.2) is 0 Å². The molecule has 1 heterocycles. The summed E-state index contributed by atoms with van der Waals surface area (Å²) in [5.74, 6) is -0.438. The fraction of sp³-hybridized carbons (Fsp3) is 0.286. The second-order valence-corrected chi connectivity index (χ2v) is 7.96. The number of carbonyl (C=O) groups excluding carboxylic acids is 3. The zero-order valence-electron chi connectivity index (χ0n) is 16.7. The number of hydrogen-bond acceptors (Lipinski definition) is 4. The first-order valence-corrected chi connectivity index (χ1v) is 9.94. The Morgan fingerprint density at radius 3 is 2.60 bits per heavy atom. The molecule has 158 valence electrons. The van der Waals surface area contributed by atoms with Gasteiger partial charge >= 0.3 is 6.03 Å². The van der Waals surface area contributed by atoms with Gasteiger partial charge in [0.25, 0.3) is 5.91 Å². The summed E-state index contributed by atoms with van der Waals surface area (Å²) in [6, 6.07) is 10.9. The van der Waals surface area contributed by atoms with Crippen LogP contribution in [0.4, 0.5) is 4.79 Å². The van der Waals surface area contributed by atoms with Gasteiger partial charge in [-0.1, -0.05) is 41.4 Å². The molecule has 1 aliphatic rings. The lowest BCUT2D eigenvalue weighted by Gasteiger charge is -2.23. The number of ether oxygens (including phenoxy) is 1. The summed E-state index contributed by atoms with van der Waals surface area (Å²) in [5.41, 5.74) is 0.0183. The number of amides is 4. The van der Waals surface area contributed by atoms with Crippen LogP contribution >= 0.6 is 23.2 Å². The van der Waals surface area contributed by atoms with E-state index >= 15 is 0 Å². The minimum Gasteiger partial charge on any atom is -0.497 e. The number of imide groups is 1. The predicted octanol–water partition coefficient (Wildman–Crippen LogP) is 3.65. The lowest BCUT2D eigenvalue weighted by molar-refractivity contribution is -0.135. The second-order valence-electron chi connectivity index (χ2n) is 7.14. The SMILES string of the molecule is COc1cccc([C@@]2(C)NC(=O)N(CC(=O)N[C@H](C)c3ccc(Cl)c(Cl)c3)C2=O)c1. The monoisotopic (exact) mass is 449 g/mol. The van der Waals surface area contributed by atoms with E-state index in [1.807, 2.05) is 0 Å². The van der Waals surface area contributed by atoms with Gasteiger partial charge in [0.2, 0.25) is 5.91 Å². The molecule has 0 aromatic heterocycles. The van der Waals surface area contributed by atoms with Crippen LogP contribution in [0, 0.1) is 0 Å². The van der Waals surface area contributed by atoms with Crippen LogP contribution in [-0.2, 0) is 15.1 Å². The quantitative estimate of drug-likeness (QED) is 0.658. The summed E-state index contributed by atoms with van der Waals surface area (Å²) < 4.78 is 5.20. The number of carbonyl (C=O) groups is 3. The molecule has 4 amide bonds. The summed E-state index contributed by atoms with van der Waals surface area (Å²) in [7, 11) is 1.52. The fourth-order valence-corrected chi connectivity index (χ4v) is 3.57. The molecule has 2 atom stereocenters. The highest BCUT2D eigenvalue weighted by Gasteiger charge is 2.49. The first kappa shape index (κ1) is 21.9. The Balaban J connectivity index is 1.71. The normalized spacial score (nSPS) is 19.4. The maximum absolute atomic E-state index is 13.0. The van der Waals surface area contributed by atoms with Gasteiger partial charge in [-0.3, -0.25) is 14.5 Å². The van der Waals surface area contributed by atoms with Crippen molar-refractivity contribution in [3.63, 3.8) is 0 Å². The van der Waals surface area contributed by atoms with Crippen molar-refractivity contribution in [1.29, 1.82) is 0 Å². The summed E-state index contributed by atoms with van der Waals surface area (Å²) in [6.07, 6.45) is 0. The van der Waals surface area contributed by atoms with Crippen molar-refractivity contribution in [2.45, 2.75) is 25.4 Å². The van der Waals surface area contributed by atoms with Crippen molar-refractivity contribution < 1.29 is 19.1 Å². The van der Waals surface area contributed by atoms with Crippen molar-refractivity contribution in [3.8, 4) is 5.75 Å². The first-order valence-electron chi connectivity index (χ1n) is 9.18. The molecule has 1 aliphatic heterocycles. The van der Waals surface area contributed by atoms with Crippen LogP contribution in [0.2, 0.25) is 10.0 Å². The molecule has 0 aliphatic carbocycles. The Labute approximate surface area is 184 Å². The molecule has 3 rings (SSSR count). The molecular formula is C21H21Cl2N3O4.